The highest BCUT2D eigenvalue weighted by Crippen LogP contribution is 2.44. The Bertz CT molecular complexity index is 1450. The van der Waals surface area contributed by atoms with Gasteiger partial charge in [-0.25, -0.2) is 4.39 Å². The standard InChI is InChI=1S/C30H33ClFN5O2/c1-36-10-8-20(36)9-11-39-30-34-28-24(29(35-30)37-15-18-6-7-19(16-37)33-18)14-25(31)26(27(28)32)23-13-21(38)12-17-4-2-3-5-22(17)23/h2-5,12,14,18-20,23,33,38H,6-11,13,15-16H2,1H3/t18?,19?,20?,23-/m1/s1. The quantitative estimate of drug-likeness (QED) is 0.434. The first-order valence-electron chi connectivity index (χ1n) is 14.0. The topological polar surface area (TPSA) is 73.8 Å². The Labute approximate surface area is 232 Å². The number of aromatic nitrogens is 2. The lowest BCUT2D eigenvalue weighted by molar-refractivity contribution is 0.100. The fraction of sp³-hybridized carbons (Fsp3) is 0.467. The molecule has 7 nitrogen and oxygen atoms in total. The second-order valence-electron chi connectivity index (χ2n) is 11.4. The van der Waals surface area contributed by atoms with Crippen LogP contribution in [-0.2, 0) is 0 Å². The molecule has 9 heteroatoms. The van der Waals surface area contributed by atoms with Crippen LogP contribution in [0, 0.1) is 5.82 Å². The molecule has 2 aromatic carbocycles. The van der Waals surface area contributed by atoms with E-state index in [4.69, 9.17) is 21.3 Å². The minimum atomic E-state index is -0.475. The lowest BCUT2D eigenvalue weighted by Gasteiger charge is -2.37. The smallest absolute Gasteiger partial charge is 0.319 e. The molecule has 0 spiro atoms. The zero-order valence-corrected chi connectivity index (χ0v) is 22.8. The van der Waals surface area contributed by atoms with Gasteiger partial charge in [0.1, 0.15) is 11.3 Å². The number of hydrogen-bond acceptors (Lipinski definition) is 7. The van der Waals surface area contributed by atoms with Gasteiger partial charge in [-0.3, -0.25) is 0 Å². The van der Waals surface area contributed by atoms with Crippen molar-refractivity contribution in [1.29, 1.82) is 0 Å². The second-order valence-corrected chi connectivity index (χ2v) is 11.8. The first-order chi connectivity index (χ1) is 18.9. The van der Waals surface area contributed by atoms with Crippen LogP contribution < -0.4 is 15.0 Å². The van der Waals surface area contributed by atoms with Crippen LogP contribution >= 0.6 is 11.6 Å². The Kier molecular flexibility index (Phi) is 6.37. The summed E-state index contributed by atoms with van der Waals surface area (Å²) in [4.78, 5) is 14.0. The molecule has 39 heavy (non-hydrogen) atoms. The minimum absolute atomic E-state index is 0.198. The van der Waals surface area contributed by atoms with Crippen molar-refractivity contribution in [2.75, 3.05) is 38.2 Å². The van der Waals surface area contributed by atoms with Crippen LogP contribution in [0.3, 0.4) is 0 Å². The van der Waals surface area contributed by atoms with E-state index in [1.807, 2.05) is 24.3 Å². The van der Waals surface area contributed by atoms with Gasteiger partial charge in [-0.2, -0.15) is 9.97 Å². The van der Waals surface area contributed by atoms with Gasteiger partial charge in [-0.05, 0) is 62.5 Å². The van der Waals surface area contributed by atoms with Crippen LogP contribution in [0.25, 0.3) is 17.0 Å². The Morgan fingerprint density at radius 3 is 2.69 bits per heavy atom. The molecule has 3 aromatic rings. The Morgan fingerprint density at radius 1 is 1.15 bits per heavy atom. The summed E-state index contributed by atoms with van der Waals surface area (Å²) in [5.74, 6) is -0.0142. The third kappa shape index (κ3) is 4.52. The van der Waals surface area contributed by atoms with Gasteiger partial charge >= 0.3 is 6.01 Å². The molecule has 3 aliphatic heterocycles. The van der Waals surface area contributed by atoms with Gasteiger partial charge in [0.15, 0.2) is 5.82 Å². The van der Waals surface area contributed by atoms with E-state index in [2.05, 4.69) is 27.1 Å². The van der Waals surface area contributed by atoms with E-state index >= 15 is 4.39 Å². The summed E-state index contributed by atoms with van der Waals surface area (Å²) in [5.41, 5.74) is 2.37. The monoisotopic (exact) mass is 549 g/mol. The summed E-state index contributed by atoms with van der Waals surface area (Å²) in [6.45, 7) is 3.18. The van der Waals surface area contributed by atoms with Gasteiger partial charge in [0.05, 0.1) is 12.4 Å². The summed E-state index contributed by atoms with van der Waals surface area (Å²) in [7, 11) is 2.12. The summed E-state index contributed by atoms with van der Waals surface area (Å²) in [6.07, 6.45) is 6.30. The van der Waals surface area contributed by atoms with Crippen LogP contribution in [0.1, 0.15) is 54.7 Å². The van der Waals surface area contributed by atoms with E-state index < -0.39 is 11.7 Å². The largest absolute Gasteiger partial charge is 0.512 e. The molecule has 7 rings (SSSR count). The van der Waals surface area contributed by atoms with E-state index in [0.29, 0.717) is 46.5 Å². The number of aliphatic hydroxyl groups is 1. The molecule has 1 aromatic heterocycles. The molecule has 0 saturated carbocycles. The van der Waals surface area contributed by atoms with Crippen molar-refractivity contribution in [3.63, 3.8) is 0 Å². The van der Waals surface area contributed by atoms with Crippen LogP contribution in [-0.4, -0.2) is 71.4 Å². The first kappa shape index (κ1) is 25.1. The van der Waals surface area contributed by atoms with Crippen molar-refractivity contribution < 1.29 is 14.2 Å². The summed E-state index contributed by atoms with van der Waals surface area (Å²) in [5, 5.41) is 15.1. The van der Waals surface area contributed by atoms with Crippen molar-refractivity contribution in [3.05, 3.63) is 63.6 Å². The fourth-order valence-electron chi connectivity index (χ4n) is 6.77. The molecule has 2 bridgehead atoms. The van der Waals surface area contributed by atoms with Gasteiger partial charge in [-0.1, -0.05) is 35.9 Å². The highest BCUT2D eigenvalue weighted by molar-refractivity contribution is 6.32. The third-order valence-corrected chi connectivity index (χ3v) is 9.28. The van der Waals surface area contributed by atoms with E-state index in [-0.39, 0.29) is 23.7 Å². The van der Waals surface area contributed by atoms with E-state index in [0.717, 1.165) is 56.4 Å². The summed E-state index contributed by atoms with van der Waals surface area (Å²) < 4.78 is 22.7. The minimum Gasteiger partial charge on any atom is -0.512 e. The van der Waals surface area contributed by atoms with Gasteiger partial charge in [0.25, 0.3) is 0 Å². The van der Waals surface area contributed by atoms with Crippen molar-refractivity contribution in [3.8, 4) is 6.01 Å². The van der Waals surface area contributed by atoms with Gasteiger partial charge < -0.3 is 25.0 Å². The van der Waals surface area contributed by atoms with Crippen molar-refractivity contribution in [1.82, 2.24) is 20.2 Å². The van der Waals surface area contributed by atoms with Gasteiger partial charge in [0.2, 0.25) is 0 Å². The SMILES string of the molecule is CN1CCC1CCOc1nc(N2CC3CCC(C2)N3)c2cc(Cl)c([C@@H]3CC(O)=Cc4ccccc43)c(F)c2n1. The van der Waals surface area contributed by atoms with Gasteiger partial charge in [0, 0.05) is 59.5 Å². The number of ether oxygens (including phenoxy) is 1. The van der Waals surface area contributed by atoms with Crippen LogP contribution in [0.5, 0.6) is 6.01 Å². The van der Waals surface area contributed by atoms with Crippen LogP contribution in [0.2, 0.25) is 5.02 Å². The predicted octanol–water partition coefficient (Wildman–Crippen LogP) is 5.27. The zero-order valence-electron chi connectivity index (χ0n) is 22.0. The number of allylic oxidation sites excluding steroid dienone is 1. The number of nitrogens with one attached hydrogen (secondary N) is 1. The number of benzene rings is 2. The maximum atomic E-state index is 16.6. The number of halogens is 2. The molecule has 3 saturated heterocycles. The predicted molar refractivity (Wildman–Crippen MR) is 151 cm³/mol. The molecule has 3 unspecified atom stereocenters. The number of rotatable bonds is 6. The molecule has 3 fully saturated rings. The van der Waals surface area contributed by atoms with Gasteiger partial charge in [-0.15, -0.1) is 0 Å². The Morgan fingerprint density at radius 2 is 1.95 bits per heavy atom. The molecule has 204 valence electrons. The summed E-state index contributed by atoms with van der Waals surface area (Å²) in [6, 6.07) is 11.0. The Balaban J connectivity index is 1.31. The molecule has 2 N–H and O–H groups in total. The number of nitrogens with zero attached hydrogens (tertiary/aromatic N) is 4. The normalized spacial score (nSPS) is 26.3. The highest BCUT2D eigenvalue weighted by Gasteiger charge is 2.35. The van der Waals surface area contributed by atoms with Crippen molar-refractivity contribution in [2.45, 2.75) is 56.1 Å². The van der Waals surface area contributed by atoms with Crippen molar-refractivity contribution in [2.24, 2.45) is 0 Å². The maximum absolute atomic E-state index is 16.6. The highest BCUT2D eigenvalue weighted by atomic mass is 35.5. The molecule has 4 aliphatic rings. The molecule has 1 aliphatic carbocycles. The van der Waals surface area contributed by atoms with E-state index in [1.54, 1.807) is 12.1 Å². The maximum Gasteiger partial charge on any atom is 0.319 e. The average Bonchev–Trinajstić information content (AvgIpc) is 3.27. The molecule has 4 heterocycles. The number of aliphatic hydroxyl groups excluding tert-OH is 1. The molecular weight excluding hydrogens is 517 g/mol. The zero-order chi connectivity index (χ0) is 26.7. The Hall–Kier alpha value is -2.94. The van der Waals surface area contributed by atoms with Crippen LogP contribution in [0.4, 0.5) is 10.2 Å². The second kappa shape index (κ2) is 9.91. The summed E-state index contributed by atoms with van der Waals surface area (Å²) >= 11 is 6.87. The number of fused-ring (bicyclic) bond motifs is 4. The van der Waals surface area contributed by atoms with Crippen molar-refractivity contribution >= 4 is 34.4 Å². The molecule has 0 radical (unpaired) electrons. The first-order valence-corrected chi connectivity index (χ1v) is 14.3. The lowest BCUT2D eigenvalue weighted by atomic mass is 9.81. The third-order valence-electron chi connectivity index (χ3n) is 8.97. The average molecular weight is 550 g/mol. The van der Waals surface area contributed by atoms with Crippen LogP contribution in [0.15, 0.2) is 36.1 Å². The number of likely N-dealkylation sites (tertiary alicyclic amines) is 1. The number of piperazine rings is 1. The van der Waals surface area contributed by atoms with E-state index in [9.17, 15) is 5.11 Å². The molecule has 0 amide bonds. The van der Waals surface area contributed by atoms with E-state index in [1.165, 1.54) is 0 Å². The molecule has 4 atom stereocenters. The number of hydrogen-bond donors (Lipinski definition) is 2. The lowest BCUT2D eigenvalue weighted by Crippen LogP contribution is -2.51. The number of anilines is 1. The molecular formula is C30H33ClFN5O2. The fourth-order valence-corrected chi connectivity index (χ4v) is 7.09.